The highest BCUT2D eigenvalue weighted by Gasteiger charge is 2.41. The van der Waals surface area contributed by atoms with Crippen LogP contribution in [0.5, 0.6) is 0 Å². The van der Waals surface area contributed by atoms with Crippen LogP contribution in [-0.4, -0.2) is 57.9 Å². The number of aromatic nitrogens is 4. The van der Waals surface area contributed by atoms with Crippen molar-refractivity contribution in [1.29, 1.82) is 0 Å². The van der Waals surface area contributed by atoms with Crippen molar-refractivity contribution in [2.24, 2.45) is 0 Å². The molecule has 0 bridgehead atoms. The van der Waals surface area contributed by atoms with Crippen LogP contribution in [0.25, 0.3) is 21.9 Å². The fraction of sp³-hybridized carbons (Fsp3) is 0.400. The molecular formula is C15H14F3N5O2S. The molecule has 0 radical (unpaired) electrons. The number of fused-ring (bicyclic) bond motifs is 3. The standard InChI is InChI=1S/C15H14F3N5O2S/c16-15(17,18)8-26(24,25)23-6-3-9(7-23)13-12-10-1-4-20-14(10)22-21-11(12)2-5-19-13/h1-2,4-5,9H,3,6-8H2,(H,20,22). The van der Waals surface area contributed by atoms with E-state index in [1.54, 1.807) is 18.5 Å². The van der Waals surface area contributed by atoms with Crippen LogP contribution in [0.15, 0.2) is 24.5 Å². The predicted octanol–water partition coefficient (Wildman–Crippen LogP) is 2.19. The van der Waals surface area contributed by atoms with Gasteiger partial charge >= 0.3 is 6.18 Å². The molecule has 3 aromatic heterocycles. The quantitative estimate of drug-likeness (QED) is 0.746. The van der Waals surface area contributed by atoms with Crippen molar-refractivity contribution >= 4 is 32.0 Å². The second kappa shape index (κ2) is 5.88. The van der Waals surface area contributed by atoms with E-state index in [0.29, 0.717) is 23.3 Å². The third kappa shape index (κ3) is 3.01. The molecule has 1 fully saturated rings. The highest BCUT2D eigenvalue weighted by atomic mass is 32.2. The number of nitrogens with zero attached hydrogens (tertiary/aromatic N) is 4. The van der Waals surface area contributed by atoms with Crippen molar-refractivity contribution in [1.82, 2.24) is 24.5 Å². The third-order valence-corrected chi connectivity index (χ3v) is 6.30. The topological polar surface area (TPSA) is 91.8 Å². The zero-order chi connectivity index (χ0) is 18.5. The number of hydrogen-bond acceptors (Lipinski definition) is 5. The second-order valence-corrected chi connectivity index (χ2v) is 8.21. The zero-order valence-electron chi connectivity index (χ0n) is 13.4. The van der Waals surface area contributed by atoms with Crippen LogP contribution in [0.3, 0.4) is 0 Å². The van der Waals surface area contributed by atoms with Gasteiger partial charge in [-0.05, 0) is 18.6 Å². The summed E-state index contributed by atoms with van der Waals surface area (Å²) in [6.45, 7) is 0.00864. The van der Waals surface area contributed by atoms with Gasteiger partial charge in [0.15, 0.2) is 11.4 Å². The Morgan fingerprint density at radius 2 is 2.08 bits per heavy atom. The lowest BCUT2D eigenvalue weighted by atomic mass is 9.99. The van der Waals surface area contributed by atoms with Gasteiger partial charge in [0.25, 0.3) is 0 Å². The minimum atomic E-state index is -4.76. The molecule has 4 rings (SSSR count). The molecule has 1 atom stereocenters. The number of pyridine rings is 1. The molecule has 0 aliphatic carbocycles. The van der Waals surface area contributed by atoms with Crippen LogP contribution in [0.2, 0.25) is 0 Å². The van der Waals surface area contributed by atoms with E-state index in [-0.39, 0.29) is 19.0 Å². The van der Waals surface area contributed by atoms with Gasteiger partial charge in [-0.2, -0.15) is 13.2 Å². The summed E-state index contributed by atoms with van der Waals surface area (Å²) in [5.41, 5.74) is 1.82. The zero-order valence-corrected chi connectivity index (χ0v) is 14.2. The maximum Gasteiger partial charge on any atom is 0.404 e. The molecule has 1 N–H and O–H groups in total. The van der Waals surface area contributed by atoms with E-state index in [2.05, 4.69) is 20.2 Å². The highest BCUT2D eigenvalue weighted by molar-refractivity contribution is 7.89. The minimum absolute atomic E-state index is 0.0290. The molecule has 1 saturated heterocycles. The van der Waals surface area contributed by atoms with Gasteiger partial charge in [0.2, 0.25) is 10.0 Å². The van der Waals surface area contributed by atoms with Crippen molar-refractivity contribution in [3.8, 4) is 0 Å². The van der Waals surface area contributed by atoms with Crippen LogP contribution >= 0.6 is 0 Å². The second-order valence-electron chi connectivity index (χ2n) is 6.25. The van der Waals surface area contributed by atoms with Gasteiger partial charge in [-0.3, -0.25) is 4.98 Å². The maximum absolute atomic E-state index is 12.5. The Balaban J connectivity index is 1.71. The third-order valence-electron chi connectivity index (χ3n) is 4.49. The molecule has 26 heavy (non-hydrogen) atoms. The number of halogens is 3. The summed E-state index contributed by atoms with van der Waals surface area (Å²) in [4.78, 5) is 7.34. The fourth-order valence-electron chi connectivity index (χ4n) is 3.39. The number of aromatic amines is 1. The lowest BCUT2D eigenvalue weighted by Crippen LogP contribution is -2.36. The molecule has 3 aromatic rings. The average Bonchev–Trinajstić information content (AvgIpc) is 3.21. The van der Waals surface area contributed by atoms with Gasteiger partial charge in [-0.15, -0.1) is 10.2 Å². The van der Waals surface area contributed by atoms with E-state index in [1.807, 2.05) is 6.07 Å². The molecule has 0 spiro atoms. The van der Waals surface area contributed by atoms with Crippen LogP contribution in [-0.2, 0) is 10.0 Å². The van der Waals surface area contributed by atoms with Crippen molar-refractivity contribution in [2.45, 2.75) is 18.5 Å². The first-order valence-electron chi connectivity index (χ1n) is 7.87. The number of rotatable bonds is 3. The van der Waals surface area contributed by atoms with Crippen LogP contribution in [0.1, 0.15) is 18.0 Å². The van der Waals surface area contributed by atoms with E-state index in [9.17, 15) is 21.6 Å². The largest absolute Gasteiger partial charge is 0.404 e. The van der Waals surface area contributed by atoms with Crippen LogP contribution < -0.4 is 0 Å². The Kier molecular flexibility index (Phi) is 3.88. The SMILES string of the molecule is O=S(=O)(CC(F)(F)F)N1CCC(c2nccc3nnc4[nH]ccc4c23)C1. The monoisotopic (exact) mass is 385 g/mol. The highest BCUT2D eigenvalue weighted by Crippen LogP contribution is 2.35. The number of nitrogens with one attached hydrogen (secondary N) is 1. The first kappa shape index (κ1) is 17.2. The van der Waals surface area contributed by atoms with Gasteiger partial charge in [0.1, 0.15) is 0 Å². The van der Waals surface area contributed by atoms with E-state index in [4.69, 9.17) is 0 Å². The maximum atomic E-state index is 12.5. The molecule has 1 aliphatic rings. The first-order valence-corrected chi connectivity index (χ1v) is 9.48. The number of alkyl halides is 3. The molecule has 0 saturated carbocycles. The molecule has 0 amide bonds. The van der Waals surface area contributed by atoms with Crippen molar-refractivity contribution < 1.29 is 21.6 Å². The van der Waals surface area contributed by atoms with E-state index in [0.717, 1.165) is 15.1 Å². The van der Waals surface area contributed by atoms with Gasteiger partial charge in [0.05, 0.1) is 11.2 Å². The summed E-state index contributed by atoms with van der Waals surface area (Å²) in [6, 6.07) is 3.52. The molecule has 1 aliphatic heterocycles. The lowest BCUT2D eigenvalue weighted by molar-refractivity contribution is -0.106. The van der Waals surface area contributed by atoms with Gasteiger partial charge in [0, 0.05) is 42.2 Å². The van der Waals surface area contributed by atoms with E-state index < -0.39 is 22.0 Å². The van der Waals surface area contributed by atoms with Gasteiger partial charge in [-0.25, -0.2) is 12.7 Å². The van der Waals surface area contributed by atoms with Gasteiger partial charge in [-0.1, -0.05) is 0 Å². The molecule has 1 unspecified atom stereocenters. The summed E-state index contributed by atoms with van der Waals surface area (Å²) in [5.74, 6) is -2.15. The molecule has 7 nitrogen and oxygen atoms in total. The Morgan fingerprint density at radius 3 is 2.85 bits per heavy atom. The molecule has 4 heterocycles. The summed E-state index contributed by atoms with van der Waals surface area (Å²) in [6.07, 6.45) is -1.10. The number of H-pyrrole nitrogens is 1. The lowest BCUT2D eigenvalue weighted by Gasteiger charge is -2.18. The first-order chi connectivity index (χ1) is 12.2. The van der Waals surface area contributed by atoms with E-state index >= 15 is 0 Å². The molecule has 0 aromatic carbocycles. The van der Waals surface area contributed by atoms with Crippen LogP contribution in [0, 0.1) is 0 Å². The Hall–Kier alpha value is -2.27. The number of hydrogen-bond donors (Lipinski definition) is 1. The molecule has 138 valence electrons. The predicted molar refractivity (Wildman–Crippen MR) is 88.0 cm³/mol. The fourth-order valence-corrected chi connectivity index (χ4v) is 4.77. The minimum Gasteiger partial charge on any atom is -0.345 e. The normalized spacial score (nSPS) is 19.6. The molecular weight excluding hydrogens is 371 g/mol. The average molecular weight is 385 g/mol. The van der Waals surface area contributed by atoms with Crippen molar-refractivity contribution in [3.63, 3.8) is 0 Å². The summed E-state index contributed by atoms with van der Waals surface area (Å²) >= 11 is 0. The summed E-state index contributed by atoms with van der Waals surface area (Å²) in [5, 5.41) is 9.74. The van der Waals surface area contributed by atoms with Crippen LogP contribution in [0.4, 0.5) is 13.2 Å². The summed E-state index contributed by atoms with van der Waals surface area (Å²) in [7, 11) is -4.40. The van der Waals surface area contributed by atoms with Crippen molar-refractivity contribution in [3.05, 3.63) is 30.2 Å². The van der Waals surface area contributed by atoms with Gasteiger partial charge < -0.3 is 4.98 Å². The Labute approximate surface area is 146 Å². The van der Waals surface area contributed by atoms with E-state index in [1.165, 1.54) is 0 Å². The van der Waals surface area contributed by atoms with Crippen molar-refractivity contribution in [2.75, 3.05) is 18.8 Å². The summed E-state index contributed by atoms with van der Waals surface area (Å²) < 4.78 is 62.5. The smallest absolute Gasteiger partial charge is 0.345 e. The number of sulfonamides is 1. The Bertz CT molecular complexity index is 1080. The molecule has 11 heteroatoms. The Morgan fingerprint density at radius 1 is 1.27 bits per heavy atom.